The second kappa shape index (κ2) is 7.72. The predicted octanol–water partition coefficient (Wildman–Crippen LogP) is 4.16. The van der Waals surface area contributed by atoms with E-state index in [1.54, 1.807) is 6.92 Å². The van der Waals surface area contributed by atoms with Crippen LogP contribution in [0.3, 0.4) is 0 Å². The number of hydrogen-bond acceptors (Lipinski definition) is 2. The molecule has 0 aliphatic heterocycles. The van der Waals surface area contributed by atoms with Gasteiger partial charge in [0.05, 0.1) is 12.6 Å². The molecule has 0 radical (unpaired) electrons. The lowest BCUT2D eigenvalue weighted by molar-refractivity contribution is 0.230. The number of aliphatic hydroxyl groups is 1. The lowest BCUT2D eigenvalue weighted by Crippen LogP contribution is -2.29. The van der Waals surface area contributed by atoms with Crippen molar-refractivity contribution >= 4 is 0 Å². The van der Waals surface area contributed by atoms with Gasteiger partial charge in [0, 0.05) is 11.6 Å². The molecule has 0 amide bonds. The SMILES string of the molecule is CCC(NC(CO)c1cc(F)c(F)c(F)c1)c1cc(F)ccc1F. The Morgan fingerprint density at radius 1 is 0.917 bits per heavy atom. The van der Waals surface area contributed by atoms with Crippen LogP contribution in [0, 0.1) is 29.1 Å². The molecule has 0 spiro atoms. The van der Waals surface area contributed by atoms with Crippen molar-refractivity contribution in [3.05, 3.63) is 70.5 Å². The first-order valence-electron chi connectivity index (χ1n) is 7.33. The number of rotatable bonds is 6. The maximum atomic E-state index is 13.9. The Morgan fingerprint density at radius 2 is 1.54 bits per heavy atom. The summed E-state index contributed by atoms with van der Waals surface area (Å²) in [6.07, 6.45) is 0.322. The van der Waals surface area contributed by atoms with Crippen LogP contribution in [0.15, 0.2) is 30.3 Å². The highest BCUT2D eigenvalue weighted by atomic mass is 19.2. The second-order valence-corrected chi connectivity index (χ2v) is 5.33. The van der Waals surface area contributed by atoms with Gasteiger partial charge in [-0.15, -0.1) is 0 Å². The van der Waals surface area contributed by atoms with Crippen molar-refractivity contribution in [2.45, 2.75) is 25.4 Å². The highest BCUT2D eigenvalue weighted by molar-refractivity contribution is 5.26. The monoisotopic (exact) mass is 345 g/mol. The van der Waals surface area contributed by atoms with Crippen molar-refractivity contribution in [2.75, 3.05) is 6.61 Å². The van der Waals surface area contributed by atoms with E-state index in [2.05, 4.69) is 5.32 Å². The molecule has 2 unspecified atom stereocenters. The highest BCUT2D eigenvalue weighted by Gasteiger charge is 2.22. The molecule has 2 nitrogen and oxygen atoms in total. The lowest BCUT2D eigenvalue weighted by atomic mass is 10.00. The van der Waals surface area contributed by atoms with E-state index in [1.165, 1.54) is 0 Å². The third-order valence-electron chi connectivity index (χ3n) is 3.74. The fraction of sp³-hybridized carbons (Fsp3) is 0.294. The molecule has 2 atom stereocenters. The summed E-state index contributed by atoms with van der Waals surface area (Å²) in [4.78, 5) is 0. The molecule has 0 heterocycles. The number of nitrogens with one attached hydrogen (secondary N) is 1. The normalized spacial score (nSPS) is 13.8. The summed E-state index contributed by atoms with van der Waals surface area (Å²) in [6.45, 7) is 1.13. The van der Waals surface area contributed by atoms with Gasteiger partial charge in [-0.25, -0.2) is 22.0 Å². The van der Waals surface area contributed by atoms with E-state index in [9.17, 15) is 27.1 Å². The van der Waals surface area contributed by atoms with Gasteiger partial charge in [-0.3, -0.25) is 0 Å². The second-order valence-electron chi connectivity index (χ2n) is 5.33. The molecule has 7 heteroatoms. The Hall–Kier alpha value is -1.99. The molecule has 2 rings (SSSR count). The number of aliphatic hydroxyl groups excluding tert-OH is 1. The van der Waals surface area contributed by atoms with E-state index in [4.69, 9.17) is 0 Å². The van der Waals surface area contributed by atoms with Crippen molar-refractivity contribution in [2.24, 2.45) is 0 Å². The Balaban J connectivity index is 2.32. The average Bonchev–Trinajstić information content (AvgIpc) is 2.56. The van der Waals surface area contributed by atoms with E-state index in [1.807, 2.05) is 0 Å². The average molecular weight is 345 g/mol. The predicted molar refractivity (Wildman–Crippen MR) is 78.7 cm³/mol. The van der Waals surface area contributed by atoms with Crippen LogP contribution in [0.5, 0.6) is 0 Å². The Bertz CT molecular complexity index is 699. The summed E-state index contributed by atoms with van der Waals surface area (Å²) in [6, 6.07) is 2.76. The van der Waals surface area contributed by atoms with Gasteiger partial charge in [-0.2, -0.15) is 0 Å². The first kappa shape index (κ1) is 18.4. The van der Waals surface area contributed by atoms with Crippen molar-refractivity contribution in [1.29, 1.82) is 0 Å². The van der Waals surface area contributed by atoms with Gasteiger partial charge in [0.15, 0.2) is 17.5 Å². The topological polar surface area (TPSA) is 32.3 Å². The zero-order chi connectivity index (χ0) is 17.9. The maximum absolute atomic E-state index is 13.9. The molecular weight excluding hydrogens is 329 g/mol. The van der Waals surface area contributed by atoms with Crippen molar-refractivity contribution < 1.29 is 27.1 Å². The molecule has 0 bridgehead atoms. The molecule has 2 aromatic rings. The third kappa shape index (κ3) is 3.91. The van der Waals surface area contributed by atoms with E-state index >= 15 is 0 Å². The molecule has 0 saturated heterocycles. The van der Waals surface area contributed by atoms with Crippen LogP contribution >= 0.6 is 0 Å². The van der Waals surface area contributed by atoms with Crippen LogP contribution in [-0.2, 0) is 0 Å². The largest absolute Gasteiger partial charge is 0.394 e. The van der Waals surface area contributed by atoms with Crippen LogP contribution in [0.4, 0.5) is 22.0 Å². The van der Waals surface area contributed by atoms with Crippen LogP contribution in [0.1, 0.15) is 36.6 Å². The van der Waals surface area contributed by atoms with Crippen LogP contribution in [0.25, 0.3) is 0 Å². The highest BCUT2D eigenvalue weighted by Crippen LogP contribution is 2.26. The zero-order valence-corrected chi connectivity index (χ0v) is 12.8. The van der Waals surface area contributed by atoms with Gasteiger partial charge < -0.3 is 10.4 Å². The minimum absolute atomic E-state index is 0.0269. The number of halogens is 5. The van der Waals surface area contributed by atoms with Gasteiger partial charge in [0.2, 0.25) is 0 Å². The smallest absolute Gasteiger partial charge is 0.194 e. The molecule has 0 aliphatic rings. The summed E-state index contributed by atoms with van der Waals surface area (Å²) in [5.41, 5.74) is -0.0110. The Labute approximate surface area is 135 Å². The van der Waals surface area contributed by atoms with E-state index in [-0.39, 0.29) is 11.1 Å². The van der Waals surface area contributed by atoms with Crippen LogP contribution < -0.4 is 5.32 Å². The first-order valence-corrected chi connectivity index (χ1v) is 7.33. The standard InChI is InChI=1S/C17H16F5NO/c1-2-15(11-7-10(18)3-4-12(11)19)23-16(8-24)9-5-13(20)17(22)14(21)6-9/h3-7,15-16,23-24H,2,8H2,1H3. The maximum Gasteiger partial charge on any atom is 0.194 e. The fourth-order valence-electron chi connectivity index (χ4n) is 2.48. The quantitative estimate of drug-likeness (QED) is 0.609. The molecule has 2 N–H and O–H groups in total. The van der Waals surface area contributed by atoms with Crippen LogP contribution in [-0.4, -0.2) is 11.7 Å². The van der Waals surface area contributed by atoms with Gasteiger partial charge in [-0.05, 0) is 42.3 Å². The van der Waals surface area contributed by atoms with Crippen molar-refractivity contribution in [3.8, 4) is 0 Å². The molecule has 24 heavy (non-hydrogen) atoms. The van der Waals surface area contributed by atoms with Gasteiger partial charge in [0.1, 0.15) is 11.6 Å². The summed E-state index contributed by atoms with van der Waals surface area (Å²) < 4.78 is 67.0. The molecule has 2 aromatic carbocycles. The molecule has 0 aliphatic carbocycles. The zero-order valence-electron chi connectivity index (χ0n) is 12.8. The summed E-state index contributed by atoms with van der Waals surface area (Å²) in [7, 11) is 0. The van der Waals surface area contributed by atoms with E-state index in [0.717, 1.165) is 30.3 Å². The summed E-state index contributed by atoms with van der Waals surface area (Å²) in [5, 5.41) is 12.3. The minimum Gasteiger partial charge on any atom is -0.394 e. The fourth-order valence-corrected chi connectivity index (χ4v) is 2.48. The van der Waals surface area contributed by atoms with Crippen LogP contribution in [0.2, 0.25) is 0 Å². The molecular formula is C17H16F5NO. The Morgan fingerprint density at radius 3 is 2.08 bits per heavy atom. The minimum atomic E-state index is -1.61. The summed E-state index contributed by atoms with van der Waals surface area (Å²) >= 11 is 0. The molecule has 0 aromatic heterocycles. The first-order chi connectivity index (χ1) is 11.4. The Kier molecular flexibility index (Phi) is 5.90. The lowest BCUT2D eigenvalue weighted by Gasteiger charge is -2.25. The number of benzene rings is 2. The van der Waals surface area contributed by atoms with E-state index in [0.29, 0.717) is 6.42 Å². The molecule has 0 fully saturated rings. The molecule has 0 saturated carbocycles. The summed E-state index contributed by atoms with van der Waals surface area (Å²) in [5.74, 6) is -5.68. The van der Waals surface area contributed by atoms with Gasteiger partial charge in [0.25, 0.3) is 0 Å². The number of hydrogen-bond donors (Lipinski definition) is 2. The molecule has 130 valence electrons. The van der Waals surface area contributed by atoms with Gasteiger partial charge in [-0.1, -0.05) is 6.92 Å². The van der Waals surface area contributed by atoms with E-state index < -0.39 is 47.8 Å². The third-order valence-corrected chi connectivity index (χ3v) is 3.74. The van der Waals surface area contributed by atoms with Crippen molar-refractivity contribution in [3.63, 3.8) is 0 Å². The van der Waals surface area contributed by atoms with Gasteiger partial charge >= 0.3 is 0 Å². The van der Waals surface area contributed by atoms with Crippen molar-refractivity contribution in [1.82, 2.24) is 5.32 Å².